The first-order valence-corrected chi connectivity index (χ1v) is 8.41. The molecule has 10 heteroatoms. The van der Waals surface area contributed by atoms with Crippen molar-refractivity contribution in [2.24, 2.45) is 4.99 Å². The minimum Gasteiger partial charge on any atom is -0.366 e. The van der Waals surface area contributed by atoms with Crippen LogP contribution in [0.1, 0.15) is 11.1 Å². The van der Waals surface area contributed by atoms with Crippen LogP contribution in [0.5, 0.6) is 0 Å². The quantitative estimate of drug-likeness (QED) is 0.413. The van der Waals surface area contributed by atoms with Gasteiger partial charge in [0.1, 0.15) is 17.3 Å². The van der Waals surface area contributed by atoms with Gasteiger partial charge in [-0.05, 0) is 29.8 Å². The predicted molar refractivity (Wildman–Crippen MR) is 114 cm³/mol. The molecule has 0 atom stereocenters. The van der Waals surface area contributed by atoms with E-state index in [1.165, 1.54) is 12.1 Å². The molecule has 1 heterocycles. The number of nitrogens with one attached hydrogen (secondary N) is 4. The SMILES string of the molecule is Cl.Cl.N=C(NCc1ccc(F)cc1)c1cc(Cl)c(N=C2NCCN2)c(Cl)c1. The fraction of sp³-hybridized carbons (Fsp3) is 0.176. The molecule has 1 aliphatic rings. The fourth-order valence-electron chi connectivity index (χ4n) is 2.33. The van der Waals surface area contributed by atoms with Gasteiger partial charge >= 0.3 is 0 Å². The Hall–Kier alpha value is -1.73. The van der Waals surface area contributed by atoms with E-state index in [9.17, 15) is 4.39 Å². The lowest BCUT2D eigenvalue weighted by Crippen LogP contribution is -2.23. The molecule has 0 saturated carbocycles. The van der Waals surface area contributed by atoms with Crippen LogP contribution in [0.4, 0.5) is 10.1 Å². The van der Waals surface area contributed by atoms with E-state index in [0.29, 0.717) is 33.8 Å². The van der Waals surface area contributed by atoms with E-state index in [1.54, 1.807) is 24.3 Å². The van der Waals surface area contributed by atoms with E-state index in [0.717, 1.165) is 18.7 Å². The van der Waals surface area contributed by atoms with E-state index in [1.807, 2.05) is 0 Å². The number of amidine groups is 1. The van der Waals surface area contributed by atoms with Crippen LogP contribution < -0.4 is 16.0 Å². The van der Waals surface area contributed by atoms with Crippen molar-refractivity contribution in [3.8, 4) is 0 Å². The van der Waals surface area contributed by atoms with Crippen LogP contribution in [-0.4, -0.2) is 24.9 Å². The van der Waals surface area contributed by atoms with Gasteiger partial charge in [-0.25, -0.2) is 9.38 Å². The average molecular weight is 453 g/mol. The number of hydrogen-bond donors (Lipinski definition) is 4. The third-order valence-electron chi connectivity index (χ3n) is 3.62. The molecule has 4 N–H and O–H groups in total. The lowest BCUT2D eigenvalue weighted by molar-refractivity contribution is 0.626. The number of aliphatic imine (C=N–C) groups is 1. The van der Waals surface area contributed by atoms with Crippen molar-refractivity contribution in [1.82, 2.24) is 16.0 Å². The largest absolute Gasteiger partial charge is 0.366 e. The number of nitrogens with zero attached hydrogens (tertiary/aromatic N) is 1. The second-order valence-electron chi connectivity index (χ2n) is 5.46. The van der Waals surface area contributed by atoms with Crippen molar-refractivity contribution in [2.75, 3.05) is 13.1 Å². The third kappa shape index (κ3) is 6.14. The molecule has 27 heavy (non-hydrogen) atoms. The van der Waals surface area contributed by atoms with Crippen LogP contribution in [0.15, 0.2) is 41.4 Å². The molecule has 0 radical (unpaired) electrons. The van der Waals surface area contributed by atoms with Gasteiger partial charge in [0, 0.05) is 25.2 Å². The van der Waals surface area contributed by atoms with Crippen LogP contribution in [-0.2, 0) is 6.54 Å². The highest BCUT2D eigenvalue weighted by atomic mass is 35.5. The maximum absolute atomic E-state index is 12.9. The summed E-state index contributed by atoms with van der Waals surface area (Å²) in [5.74, 6) is 0.506. The van der Waals surface area contributed by atoms with Gasteiger partial charge in [-0.1, -0.05) is 35.3 Å². The van der Waals surface area contributed by atoms with Crippen LogP contribution in [0.25, 0.3) is 0 Å². The summed E-state index contributed by atoms with van der Waals surface area (Å²) >= 11 is 12.6. The molecule has 0 bridgehead atoms. The van der Waals surface area contributed by atoms with Crippen LogP contribution in [0.3, 0.4) is 0 Å². The predicted octanol–water partition coefficient (Wildman–Crippen LogP) is 4.27. The number of hydrogen-bond acceptors (Lipinski definition) is 2. The summed E-state index contributed by atoms with van der Waals surface area (Å²) in [6, 6.07) is 9.37. The Balaban J connectivity index is 0.00000182. The highest BCUT2D eigenvalue weighted by molar-refractivity contribution is 6.39. The molecule has 2 aromatic rings. The number of halogens is 5. The maximum Gasteiger partial charge on any atom is 0.196 e. The summed E-state index contributed by atoms with van der Waals surface area (Å²) in [5, 5.41) is 18.0. The Labute approximate surface area is 179 Å². The molecule has 1 aliphatic heterocycles. The molecule has 0 amide bonds. The van der Waals surface area contributed by atoms with E-state index in [4.69, 9.17) is 28.6 Å². The molecule has 1 saturated heterocycles. The van der Waals surface area contributed by atoms with Crippen molar-refractivity contribution in [3.63, 3.8) is 0 Å². The number of benzene rings is 2. The molecular formula is C17H18Cl4FN5. The second-order valence-corrected chi connectivity index (χ2v) is 6.27. The number of guanidine groups is 1. The smallest absolute Gasteiger partial charge is 0.196 e. The van der Waals surface area contributed by atoms with E-state index >= 15 is 0 Å². The molecule has 0 aromatic heterocycles. The van der Waals surface area contributed by atoms with Crippen molar-refractivity contribution in [1.29, 1.82) is 5.41 Å². The first-order chi connectivity index (χ1) is 12.0. The van der Waals surface area contributed by atoms with Crippen molar-refractivity contribution in [3.05, 3.63) is 63.4 Å². The zero-order chi connectivity index (χ0) is 17.8. The summed E-state index contributed by atoms with van der Waals surface area (Å²) in [6.07, 6.45) is 0. The molecule has 5 nitrogen and oxygen atoms in total. The van der Waals surface area contributed by atoms with Gasteiger partial charge in [0.25, 0.3) is 0 Å². The van der Waals surface area contributed by atoms with E-state index in [-0.39, 0.29) is 36.5 Å². The molecule has 0 unspecified atom stereocenters. The lowest BCUT2D eigenvalue weighted by atomic mass is 10.1. The zero-order valence-corrected chi connectivity index (χ0v) is 17.1. The minimum atomic E-state index is -0.291. The Bertz CT molecular complexity index is 796. The fourth-order valence-corrected chi connectivity index (χ4v) is 2.90. The molecule has 3 rings (SSSR count). The lowest BCUT2D eigenvalue weighted by Gasteiger charge is -2.11. The second kappa shape index (κ2) is 10.6. The monoisotopic (exact) mass is 451 g/mol. The van der Waals surface area contributed by atoms with Gasteiger partial charge in [0.05, 0.1) is 10.0 Å². The molecule has 2 aromatic carbocycles. The Morgan fingerprint density at radius 2 is 1.63 bits per heavy atom. The molecule has 0 aliphatic carbocycles. The minimum absolute atomic E-state index is 0. The third-order valence-corrected chi connectivity index (χ3v) is 4.20. The van der Waals surface area contributed by atoms with Gasteiger partial charge < -0.3 is 16.0 Å². The molecule has 1 fully saturated rings. The molecule has 0 spiro atoms. The van der Waals surface area contributed by atoms with Crippen LogP contribution in [0, 0.1) is 11.2 Å². The Morgan fingerprint density at radius 1 is 1.07 bits per heavy atom. The van der Waals surface area contributed by atoms with Gasteiger partial charge in [0.15, 0.2) is 5.96 Å². The molecular weight excluding hydrogens is 435 g/mol. The standard InChI is InChI=1S/C17H16Cl2FN5.2ClH/c18-13-7-11(8-14(19)15(13)25-17-22-5-6-23-17)16(21)24-9-10-1-3-12(20)4-2-10;;/h1-4,7-8H,5-6,9H2,(H2,21,24)(H2,22,23,25);2*1H. The summed E-state index contributed by atoms with van der Waals surface area (Å²) in [4.78, 5) is 4.36. The first-order valence-electron chi connectivity index (χ1n) is 7.65. The van der Waals surface area contributed by atoms with Crippen molar-refractivity contribution < 1.29 is 4.39 Å². The van der Waals surface area contributed by atoms with Crippen molar-refractivity contribution in [2.45, 2.75) is 6.54 Å². The zero-order valence-electron chi connectivity index (χ0n) is 14.0. The van der Waals surface area contributed by atoms with Gasteiger partial charge in [-0.15, -0.1) is 24.8 Å². The average Bonchev–Trinajstić information content (AvgIpc) is 3.10. The Kier molecular flexibility index (Phi) is 9.12. The van der Waals surface area contributed by atoms with Crippen LogP contribution >= 0.6 is 48.0 Å². The summed E-state index contributed by atoms with van der Waals surface area (Å²) in [6.45, 7) is 1.99. The van der Waals surface area contributed by atoms with Gasteiger partial charge in [0.2, 0.25) is 0 Å². The van der Waals surface area contributed by atoms with E-state index in [2.05, 4.69) is 20.9 Å². The Morgan fingerprint density at radius 3 is 2.19 bits per heavy atom. The van der Waals surface area contributed by atoms with Crippen molar-refractivity contribution >= 4 is 65.5 Å². The first kappa shape index (κ1) is 23.3. The summed E-state index contributed by atoms with van der Waals surface area (Å²) in [5.41, 5.74) is 1.87. The highest BCUT2D eigenvalue weighted by Crippen LogP contribution is 2.34. The van der Waals surface area contributed by atoms with Gasteiger partial charge in [-0.3, -0.25) is 5.41 Å². The van der Waals surface area contributed by atoms with Crippen LogP contribution in [0.2, 0.25) is 10.0 Å². The topological polar surface area (TPSA) is 72.3 Å². The highest BCUT2D eigenvalue weighted by Gasteiger charge is 2.13. The van der Waals surface area contributed by atoms with Gasteiger partial charge in [-0.2, -0.15) is 0 Å². The number of rotatable bonds is 4. The summed E-state index contributed by atoms with van der Waals surface area (Å²) in [7, 11) is 0. The van der Waals surface area contributed by atoms with E-state index < -0.39 is 0 Å². The maximum atomic E-state index is 12.9. The summed E-state index contributed by atoms with van der Waals surface area (Å²) < 4.78 is 12.9. The molecule has 146 valence electrons. The normalized spacial score (nSPS) is 12.2.